The molecule has 0 amide bonds. The van der Waals surface area contributed by atoms with Crippen molar-refractivity contribution in [2.75, 3.05) is 24.6 Å². The van der Waals surface area contributed by atoms with Crippen molar-refractivity contribution in [2.45, 2.75) is 55.4 Å². The summed E-state index contributed by atoms with van der Waals surface area (Å²) < 4.78 is 0. The minimum Gasteiger partial charge on any atom is -1.00 e. The quantitative estimate of drug-likeness (QED) is 0.0899. The number of hydrogen-bond acceptors (Lipinski definition) is 0. The minimum absolute atomic E-state index is 0. The van der Waals surface area contributed by atoms with Crippen LogP contribution >= 0.6 is 15.8 Å². The molecule has 6 rings (SSSR count). The van der Waals surface area contributed by atoms with Gasteiger partial charge in [-0.2, -0.15) is 12.1 Å². The molecule has 0 spiro atoms. The maximum Gasteiger partial charge on any atom is 4.00 e. The van der Waals surface area contributed by atoms with Crippen molar-refractivity contribution in [1.82, 2.24) is 0 Å². The third-order valence-corrected chi connectivity index (χ3v) is 15.4. The van der Waals surface area contributed by atoms with Crippen molar-refractivity contribution in [2.24, 2.45) is 23.7 Å². The monoisotopic (exact) mass is 830 g/mol. The van der Waals surface area contributed by atoms with Crippen LogP contribution in [0.25, 0.3) is 43.8 Å². The first-order valence-electron chi connectivity index (χ1n) is 18.1. The first-order valence-corrected chi connectivity index (χ1v) is 21.5. The molecule has 0 heterocycles. The molecule has 0 aromatic heterocycles. The van der Waals surface area contributed by atoms with E-state index in [1.54, 1.807) is 10.6 Å². The van der Waals surface area contributed by atoms with Gasteiger partial charge in [0.25, 0.3) is 0 Å². The van der Waals surface area contributed by atoms with Gasteiger partial charge in [-0.15, -0.1) is 68.6 Å². The Morgan fingerprint density at radius 1 is 0.431 bits per heavy atom. The third kappa shape index (κ3) is 12.8. The van der Waals surface area contributed by atoms with E-state index in [0.717, 1.165) is 23.7 Å². The van der Waals surface area contributed by atoms with Gasteiger partial charge in [0.1, 0.15) is 0 Å². The van der Waals surface area contributed by atoms with Crippen molar-refractivity contribution >= 4 is 48.0 Å². The van der Waals surface area contributed by atoms with Crippen molar-refractivity contribution in [3.63, 3.8) is 0 Å². The molecule has 268 valence electrons. The maximum atomic E-state index is 2.48. The standard InChI is InChI=1S/2C23H28P.2ClH.Zr/c2*1-17(2)15-24(16-18(3)4)21-13-20-11-8-12-22(23(20)14-21)19-9-6-5-7-10-19;;;/h2*5-14,17-18H,15-16H2,1-4H3;2*1H;/q2*-1;;;+4/p-2. The van der Waals surface area contributed by atoms with Crippen LogP contribution in [0.1, 0.15) is 55.4 Å². The molecule has 6 aromatic carbocycles. The summed E-state index contributed by atoms with van der Waals surface area (Å²) in [6, 6.07) is 44.9. The van der Waals surface area contributed by atoms with Gasteiger partial charge in [0, 0.05) is 0 Å². The van der Waals surface area contributed by atoms with Crippen LogP contribution in [0.3, 0.4) is 0 Å². The van der Waals surface area contributed by atoms with Gasteiger partial charge in [-0.25, -0.2) is 0 Å². The summed E-state index contributed by atoms with van der Waals surface area (Å²) in [4.78, 5) is 0. The zero-order valence-electron chi connectivity index (χ0n) is 31.8. The average molecular weight is 833 g/mol. The van der Waals surface area contributed by atoms with Crippen LogP contribution in [0.5, 0.6) is 0 Å². The van der Waals surface area contributed by atoms with Gasteiger partial charge in [0.15, 0.2) is 0 Å². The Morgan fingerprint density at radius 3 is 1.04 bits per heavy atom. The van der Waals surface area contributed by atoms with E-state index in [-0.39, 0.29) is 66.9 Å². The molecule has 0 aliphatic carbocycles. The Hall–Kier alpha value is -1.58. The third-order valence-electron chi connectivity index (χ3n) is 8.71. The van der Waals surface area contributed by atoms with E-state index in [0.29, 0.717) is 0 Å². The van der Waals surface area contributed by atoms with Crippen molar-refractivity contribution in [3.05, 3.63) is 121 Å². The van der Waals surface area contributed by atoms with Gasteiger partial charge in [-0.05, 0) is 59.4 Å². The van der Waals surface area contributed by atoms with Gasteiger partial charge >= 0.3 is 26.2 Å². The summed E-state index contributed by atoms with van der Waals surface area (Å²) in [6.45, 7) is 18.8. The largest absolute Gasteiger partial charge is 4.00 e. The van der Waals surface area contributed by atoms with E-state index < -0.39 is 0 Å². The molecule has 0 radical (unpaired) electrons. The van der Waals surface area contributed by atoms with E-state index in [4.69, 9.17) is 0 Å². The Balaban J connectivity index is 0.000000334. The van der Waals surface area contributed by atoms with E-state index in [9.17, 15) is 0 Å². The van der Waals surface area contributed by atoms with Crippen LogP contribution < -0.4 is 35.4 Å². The summed E-state index contributed by atoms with van der Waals surface area (Å²) in [7, 11) is -0.126. The molecule has 0 nitrogen and oxygen atoms in total. The molecule has 5 heteroatoms. The Bertz CT molecular complexity index is 1700. The van der Waals surface area contributed by atoms with Gasteiger partial charge in [0.2, 0.25) is 0 Å². The van der Waals surface area contributed by atoms with Gasteiger partial charge < -0.3 is 24.8 Å². The number of hydrogen-bond donors (Lipinski definition) is 0. The summed E-state index contributed by atoms with van der Waals surface area (Å²) in [6.07, 6.45) is 5.35. The molecule has 0 saturated heterocycles. The Morgan fingerprint density at radius 2 is 0.745 bits per heavy atom. The van der Waals surface area contributed by atoms with Crippen LogP contribution in [0, 0.1) is 23.7 Å². The zero-order chi connectivity index (χ0) is 34.2. The zero-order valence-corrected chi connectivity index (χ0v) is 37.6. The molecule has 0 aliphatic rings. The first kappa shape index (κ1) is 45.6. The van der Waals surface area contributed by atoms with E-state index >= 15 is 0 Å². The summed E-state index contributed by atoms with van der Waals surface area (Å²) in [5.41, 5.74) is 5.36. The van der Waals surface area contributed by atoms with Gasteiger partial charge in [0.05, 0.1) is 0 Å². The molecule has 0 atom stereocenters. The predicted molar refractivity (Wildman–Crippen MR) is 222 cm³/mol. The second-order valence-corrected chi connectivity index (χ2v) is 19.8. The molecule has 0 aliphatic heterocycles. The predicted octanol–water partition coefficient (Wildman–Crippen LogP) is 7.30. The first-order chi connectivity index (χ1) is 23.1. The SMILES string of the molecule is CC(C)CP(CC(C)C)c1cc2c(-c3ccccc3)cccc2[cH-]1.CC(C)CP(CC(C)C)c1cc2c(-c3ccccc3)cccc2[cH-]1.[Cl-].[Cl-].[Zr+4]. The minimum atomic E-state index is -0.0628. The summed E-state index contributed by atoms with van der Waals surface area (Å²) in [5, 5.41) is 8.80. The topological polar surface area (TPSA) is 0 Å². The maximum absolute atomic E-state index is 2.48. The molecule has 0 fully saturated rings. The Kier molecular flexibility index (Phi) is 19.6. The van der Waals surface area contributed by atoms with Crippen LogP contribution in [0.2, 0.25) is 0 Å². The molecule has 0 bridgehead atoms. The number of halogens is 2. The second kappa shape index (κ2) is 22.0. The van der Waals surface area contributed by atoms with Gasteiger partial charge in [-0.3, -0.25) is 0 Å². The fourth-order valence-corrected chi connectivity index (χ4v) is 12.8. The molecule has 0 unspecified atom stereocenters. The van der Waals surface area contributed by atoms with Crippen molar-refractivity contribution in [1.29, 1.82) is 0 Å². The van der Waals surface area contributed by atoms with Crippen LogP contribution in [-0.4, -0.2) is 24.6 Å². The number of benzene rings is 4. The van der Waals surface area contributed by atoms with E-state index in [1.165, 1.54) is 68.4 Å². The fraction of sp³-hybridized carbons (Fsp3) is 0.348. The smallest absolute Gasteiger partial charge is 1.00 e. The second-order valence-electron chi connectivity index (χ2n) is 15.2. The summed E-state index contributed by atoms with van der Waals surface area (Å²) >= 11 is 0. The molecular formula is C46H56Cl2P2Zr. The van der Waals surface area contributed by atoms with E-state index in [2.05, 4.69) is 177 Å². The molecule has 6 aromatic rings. The van der Waals surface area contributed by atoms with Crippen LogP contribution in [-0.2, 0) is 26.2 Å². The van der Waals surface area contributed by atoms with E-state index in [1.807, 2.05) is 0 Å². The van der Waals surface area contributed by atoms with Crippen molar-refractivity contribution in [3.8, 4) is 22.3 Å². The normalized spacial score (nSPS) is 11.3. The van der Waals surface area contributed by atoms with Crippen LogP contribution in [0.4, 0.5) is 0 Å². The average Bonchev–Trinajstić information content (AvgIpc) is 3.69. The van der Waals surface area contributed by atoms with Gasteiger partial charge in [-0.1, -0.05) is 155 Å². The molecule has 51 heavy (non-hydrogen) atoms. The fourth-order valence-electron chi connectivity index (χ4n) is 6.88. The van der Waals surface area contributed by atoms with Crippen LogP contribution in [0.15, 0.2) is 121 Å². The molecule has 0 saturated carbocycles. The molecular weight excluding hydrogens is 777 g/mol. The Labute approximate surface area is 343 Å². The number of rotatable bonds is 12. The summed E-state index contributed by atoms with van der Waals surface area (Å²) in [5.74, 6) is 3.06. The van der Waals surface area contributed by atoms with Crippen molar-refractivity contribution < 1.29 is 51.0 Å². The molecule has 0 N–H and O–H groups in total. The number of fused-ring (bicyclic) bond motifs is 2.